The monoisotopic (exact) mass is 337 g/mol. The molecule has 25 heavy (non-hydrogen) atoms. The van der Waals surface area contributed by atoms with E-state index in [1.54, 1.807) is 4.90 Å². The number of benzene rings is 1. The van der Waals surface area contributed by atoms with Gasteiger partial charge in [-0.05, 0) is 57.2 Å². The molecule has 4 rings (SSSR count). The van der Waals surface area contributed by atoms with E-state index in [2.05, 4.69) is 6.07 Å². The molecular formula is C20H23N3O2. The van der Waals surface area contributed by atoms with Gasteiger partial charge in [-0.25, -0.2) is 0 Å². The summed E-state index contributed by atoms with van der Waals surface area (Å²) in [5.41, 5.74) is 10.2. The molecule has 2 fully saturated rings. The Balaban J connectivity index is 1.87. The Bertz CT molecular complexity index is 886. The number of pyridine rings is 1. The maximum absolute atomic E-state index is 13.3. The molecule has 2 aromatic rings. The smallest absolute Gasteiger partial charge is 0.255 e. The molecule has 1 saturated heterocycles. The van der Waals surface area contributed by atoms with Crippen LogP contribution in [0.2, 0.25) is 0 Å². The molecule has 1 aromatic heterocycles. The maximum atomic E-state index is 13.3. The molecule has 5 nitrogen and oxygen atoms in total. The summed E-state index contributed by atoms with van der Waals surface area (Å²) in [5.74, 6) is -0.0539. The number of nitrogens with zero attached hydrogens (tertiary/aromatic N) is 2. The molecule has 1 aromatic carbocycles. The van der Waals surface area contributed by atoms with Crippen LogP contribution in [0.1, 0.15) is 58.8 Å². The van der Waals surface area contributed by atoms with E-state index in [1.807, 2.05) is 26.0 Å². The van der Waals surface area contributed by atoms with Crippen LogP contribution in [-0.2, 0) is 4.79 Å². The second-order valence-corrected chi connectivity index (χ2v) is 7.41. The number of amides is 2. The first-order valence-electron chi connectivity index (χ1n) is 8.98. The Morgan fingerprint density at radius 2 is 1.92 bits per heavy atom. The lowest BCUT2D eigenvalue weighted by Gasteiger charge is -2.23. The van der Waals surface area contributed by atoms with Gasteiger partial charge in [0.15, 0.2) is 0 Å². The minimum Gasteiger partial charge on any atom is -0.368 e. The van der Waals surface area contributed by atoms with Gasteiger partial charge in [0.25, 0.3) is 5.91 Å². The highest BCUT2D eigenvalue weighted by molar-refractivity contribution is 6.08. The zero-order chi connectivity index (χ0) is 17.7. The predicted molar refractivity (Wildman–Crippen MR) is 96.4 cm³/mol. The lowest BCUT2D eigenvalue weighted by Crippen LogP contribution is -2.43. The molecule has 2 N–H and O–H groups in total. The van der Waals surface area contributed by atoms with E-state index >= 15 is 0 Å². The van der Waals surface area contributed by atoms with Crippen LogP contribution in [0.4, 0.5) is 0 Å². The van der Waals surface area contributed by atoms with Crippen molar-refractivity contribution in [3.05, 3.63) is 40.6 Å². The number of carbonyl (C=O) groups is 2. The van der Waals surface area contributed by atoms with Crippen molar-refractivity contribution in [1.29, 1.82) is 0 Å². The van der Waals surface area contributed by atoms with Gasteiger partial charge in [0.05, 0.1) is 11.1 Å². The van der Waals surface area contributed by atoms with Crippen molar-refractivity contribution in [3.63, 3.8) is 0 Å². The molecular weight excluding hydrogens is 314 g/mol. The van der Waals surface area contributed by atoms with Crippen LogP contribution < -0.4 is 5.73 Å². The fourth-order valence-corrected chi connectivity index (χ4v) is 3.93. The summed E-state index contributed by atoms with van der Waals surface area (Å²) >= 11 is 0. The Kier molecular flexibility index (Phi) is 3.74. The number of hydrogen-bond donors (Lipinski definition) is 1. The molecule has 1 saturated carbocycles. The second kappa shape index (κ2) is 5.83. The third-order valence-electron chi connectivity index (χ3n) is 5.34. The Morgan fingerprint density at radius 1 is 1.16 bits per heavy atom. The van der Waals surface area contributed by atoms with Crippen molar-refractivity contribution >= 4 is 22.7 Å². The first-order chi connectivity index (χ1) is 12.0. The van der Waals surface area contributed by atoms with Crippen molar-refractivity contribution in [2.24, 2.45) is 5.73 Å². The van der Waals surface area contributed by atoms with E-state index in [-0.39, 0.29) is 5.91 Å². The molecule has 130 valence electrons. The van der Waals surface area contributed by atoms with Crippen molar-refractivity contribution < 1.29 is 9.59 Å². The number of hydrogen-bond acceptors (Lipinski definition) is 3. The number of fused-ring (bicyclic) bond motifs is 1. The van der Waals surface area contributed by atoms with Gasteiger partial charge in [-0.2, -0.15) is 0 Å². The number of aromatic nitrogens is 1. The van der Waals surface area contributed by atoms with Gasteiger partial charge in [-0.3, -0.25) is 14.6 Å². The number of primary amides is 1. The number of nitrogens with two attached hydrogens (primary N) is 1. The normalized spacial score (nSPS) is 20.2. The Morgan fingerprint density at radius 3 is 2.60 bits per heavy atom. The molecule has 1 atom stereocenters. The van der Waals surface area contributed by atoms with Gasteiger partial charge in [-0.1, -0.05) is 11.6 Å². The predicted octanol–water partition coefficient (Wildman–Crippen LogP) is 2.82. The standard InChI is InChI=1S/C20H23N3O2/c1-11-8-12(2)18-14(9-11)15(10-16(22-18)13-5-6-13)20(25)23-7-3-4-17(23)19(21)24/h8-10,13,17H,3-7H2,1-2H3,(H2,21,24)/t17-/m1/s1. The zero-order valence-electron chi connectivity index (χ0n) is 14.7. The first-order valence-corrected chi connectivity index (χ1v) is 8.98. The van der Waals surface area contributed by atoms with Crippen molar-refractivity contribution in [3.8, 4) is 0 Å². The van der Waals surface area contributed by atoms with Crippen LogP contribution in [0.5, 0.6) is 0 Å². The molecule has 2 amide bonds. The average molecular weight is 337 g/mol. The average Bonchev–Trinajstić information content (AvgIpc) is 3.29. The fraction of sp³-hybridized carbons (Fsp3) is 0.450. The van der Waals surface area contributed by atoms with Gasteiger partial charge < -0.3 is 10.6 Å². The van der Waals surface area contributed by atoms with E-state index in [9.17, 15) is 9.59 Å². The van der Waals surface area contributed by atoms with Crippen molar-refractivity contribution in [2.75, 3.05) is 6.54 Å². The van der Waals surface area contributed by atoms with E-state index in [0.717, 1.165) is 47.0 Å². The number of aryl methyl sites for hydroxylation is 2. The van der Waals surface area contributed by atoms with Gasteiger partial charge in [0, 0.05) is 23.5 Å². The Hall–Kier alpha value is -2.43. The molecule has 2 heterocycles. The molecule has 0 radical (unpaired) electrons. The molecule has 2 aliphatic rings. The topological polar surface area (TPSA) is 76.3 Å². The quantitative estimate of drug-likeness (QED) is 0.935. The molecule has 1 aliphatic heterocycles. The zero-order valence-corrected chi connectivity index (χ0v) is 14.7. The lowest BCUT2D eigenvalue weighted by molar-refractivity contribution is -0.121. The molecule has 0 spiro atoms. The van der Waals surface area contributed by atoms with Gasteiger partial charge in [-0.15, -0.1) is 0 Å². The summed E-state index contributed by atoms with van der Waals surface area (Å²) in [6.07, 6.45) is 3.73. The maximum Gasteiger partial charge on any atom is 0.255 e. The molecule has 0 bridgehead atoms. The van der Waals surface area contributed by atoms with Crippen LogP contribution in [0.3, 0.4) is 0 Å². The number of carbonyl (C=O) groups excluding carboxylic acids is 2. The first kappa shape index (κ1) is 16.1. The highest BCUT2D eigenvalue weighted by Crippen LogP contribution is 2.41. The van der Waals surface area contributed by atoms with Crippen LogP contribution in [-0.4, -0.2) is 34.3 Å². The van der Waals surface area contributed by atoms with Gasteiger partial charge in [0.1, 0.15) is 6.04 Å². The van der Waals surface area contributed by atoms with Crippen LogP contribution in [0.25, 0.3) is 10.9 Å². The number of likely N-dealkylation sites (tertiary alicyclic amines) is 1. The summed E-state index contributed by atoms with van der Waals surface area (Å²) in [6, 6.07) is 5.57. The SMILES string of the molecule is Cc1cc(C)c2nc(C3CC3)cc(C(=O)N3CCC[C@@H]3C(N)=O)c2c1. The second-order valence-electron chi connectivity index (χ2n) is 7.41. The fourth-order valence-electron chi connectivity index (χ4n) is 3.93. The van der Waals surface area contributed by atoms with Crippen molar-refractivity contribution in [1.82, 2.24) is 9.88 Å². The van der Waals surface area contributed by atoms with Gasteiger partial charge >= 0.3 is 0 Å². The van der Waals surface area contributed by atoms with E-state index in [4.69, 9.17) is 10.7 Å². The summed E-state index contributed by atoms with van der Waals surface area (Å²) < 4.78 is 0. The summed E-state index contributed by atoms with van der Waals surface area (Å²) in [5, 5.41) is 0.877. The summed E-state index contributed by atoms with van der Waals surface area (Å²) in [4.78, 5) is 31.5. The van der Waals surface area contributed by atoms with E-state index < -0.39 is 11.9 Å². The van der Waals surface area contributed by atoms with E-state index in [0.29, 0.717) is 24.4 Å². The third-order valence-corrected chi connectivity index (χ3v) is 5.34. The highest BCUT2D eigenvalue weighted by atomic mass is 16.2. The number of rotatable bonds is 3. The minimum absolute atomic E-state index is 0.0967. The van der Waals surface area contributed by atoms with Crippen LogP contribution >= 0.6 is 0 Å². The van der Waals surface area contributed by atoms with E-state index in [1.165, 1.54) is 0 Å². The largest absolute Gasteiger partial charge is 0.368 e. The molecule has 5 heteroatoms. The molecule has 0 unspecified atom stereocenters. The van der Waals surface area contributed by atoms with Crippen LogP contribution in [0, 0.1) is 13.8 Å². The van der Waals surface area contributed by atoms with Gasteiger partial charge in [0.2, 0.25) is 5.91 Å². The summed E-state index contributed by atoms with van der Waals surface area (Å²) in [7, 11) is 0. The minimum atomic E-state index is -0.494. The third kappa shape index (κ3) is 2.77. The molecule has 1 aliphatic carbocycles. The van der Waals surface area contributed by atoms with Crippen LogP contribution in [0.15, 0.2) is 18.2 Å². The highest BCUT2D eigenvalue weighted by Gasteiger charge is 2.35. The summed E-state index contributed by atoms with van der Waals surface area (Å²) in [6.45, 7) is 4.65. The van der Waals surface area contributed by atoms with Crippen molar-refractivity contribution in [2.45, 2.75) is 51.5 Å². The Labute approximate surface area is 147 Å². The lowest BCUT2D eigenvalue weighted by atomic mass is 9.99.